The van der Waals surface area contributed by atoms with Gasteiger partial charge in [0, 0.05) is 12.0 Å². The Bertz CT molecular complexity index is 857. The van der Waals surface area contributed by atoms with Crippen molar-refractivity contribution in [1.82, 2.24) is 10.2 Å². The number of aryl methyl sites for hydroxylation is 2. The first-order valence-electron chi connectivity index (χ1n) is 9.81. The maximum atomic E-state index is 11.5. The number of esters is 1. The number of unbranched alkanes of at least 4 members (excludes halogenated alkanes) is 4. The molecular weight excluding hydrogens is 352 g/mol. The maximum absolute atomic E-state index is 11.5. The van der Waals surface area contributed by atoms with Crippen molar-refractivity contribution in [2.75, 3.05) is 7.11 Å². The summed E-state index contributed by atoms with van der Waals surface area (Å²) in [6, 6.07) is 17.6. The molecule has 5 nitrogen and oxygen atoms in total. The van der Waals surface area contributed by atoms with Gasteiger partial charge in [0.15, 0.2) is 0 Å². The first kappa shape index (κ1) is 19.8. The van der Waals surface area contributed by atoms with Crippen molar-refractivity contribution in [3.8, 4) is 11.5 Å². The van der Waals surface area contributed by atoms with Crippen LogP contribution in [0.3, 0.4) is 0 Å². The van der Waals surface area contributed by atoms with Crippen molar-refractivity contribution in [3.63, 3.8) is 0 Å². The molecule has 28 heavy (non-hydrogen) atoms. The number of rotatable bonds is 10. The van der Waals surface area contributed by atoms with Crippen LogP contribution in [-0.2, 0) is 17.6 Å². The summed E-state index contributed by atoms with van der Waals surface area (Å²) in [5, 5.41) is 8.24. The largest absolute Gasteiger partial charge is 0.465 e. The van der Waals surface area contributed by atoms with Crippen molar-refractivity contribution in [2.45, 2.75) is 44.9 Å². The van der Waals surface area contributed by atoms with Gasteiger partial charge in [-0.1, -0.05) is 49.6 Å². The van der Waals surface area contributed by atoms with Crippen molar-refractivity contribution in [3.05, 3.63) is 71.6 Å². The average molecular weight is 378 g/mol. The van der Waals surface area contributed by atoms with E-state index in [0.29, 0.717) is 17.3 Å². The Hall–Kier alpha value is -2.95. The summed E-state index contributed by atoms with van der Waals surface area (Å²) < 4.78 is 10.4. The minimum Gasteiger partial charge on any atom is -0.465 e. The molecule has 2 aromatic carbocycles. The Morgan fingerprint density at radius 3 is 2.25 bits per heavy atom. The summed E-state index contributed by atoms with van der Waals surface area (Å²) in [7, 11) is 1.36. The van der Waals surface area contributed by atoms with Gasteiger partial charge in [-0.3, -0.25) is 0 Å². The van der Waals surface area contributed by atoms with E-state index in [-0.39, 0.29) is 5.97 Å². The number of aromatic nitrogens is 2. The van der Waals surface area contributed by atoms with Crippen molar-refractivity contribution in [2.24, 2.45) is 0 Å². The van der Waals surface area contributed by atoms with E-state index in [4.69, 9.17) is 9.15 Å². The molecule has 0 saturated carbocycles. The standard InChI is InChI=1S/C23H26N2O3/c1-27-23(26)20-16-14-19(15-17-20)22-25-24-21(28-22)13-9-4-2-3-6-10-18-11-7-5-8-12-18/h5,7-8,11-12,14-17H,2-4,6,9-10,13H2,1H3. The molecule has 1 aromatic heterocycles. The van der Waals surface area contributed by atoms with Crippen LogP contribution in [0.2, 0.25) is 0 Å². The molecule has 0 amide bonds. The molecule has 0 aliphatic carbocycles. The van der Waals surface area contributed by atoms with Gasteiger partial charge in [0.2, 0.25) is 11.8 Å². The summed E-state index contributed by atoms with van der Waals surface area (Å²) >= 11 is 0. The van der Waals surface area contributed by atoms with Crippen LogP contribution in [0.1, 0.15) is 53.9 Å². The first-order chi connectivity index (χ1) is 13.8. The fraction of sp³-hybridized carbons (Fsp3) is 0.348. The van der Waals surface area contributed by atoms with Crippen LogP contribution in [0.15, 0.2) is 59.0 Å². The zero-order valence-corrected chi connectivity index (χ0v) is 16.3. The van der Waals surface area contributed by atoms with Gasteiger partial charge >= 0.3 is 5.97 Å². The minimum absolute atomic E-state index is 0.360. The van der Waals surface area contributed by atoms with E-state index in [9.17, 15) is 4.79 Å². The monoisotopic (exact) mass is 378 g/mol. The lowest BCUT2D eigenvalue weighted by Gasteiger charge is -2.01. The van der Waals surface area contributed by atoms with Crippen LogP contribution in [0.4, 0.5) is 0 Å². The SMILES string of the molecule is COC(=O)c1ccc(-c2nnc(CCCCCCCc3ccccc3)o2)cc1. The zero-order chi connectivity index (χ0) is 19.6. The van der Waals surface area contributed by atoms with Gasteiger partial charge < -0.3 is 9.15 Å². The molecule has 146 valence electrons. The Labute approximate surface area is 165 Å². The highest BCUT2D eigenvalue weighted by Crippen LogP contribution is 2.20. The molecule has 0 saturated heterocycles. The van der Waals surface area contributed by atoms with E-state index in [1.165, 1.54) is 38.4 Å². The highest BCUT2D eigenvalue weighted by molar-refractivity contribution is 5.89. The van der Waals surface area contributed by atoms with E-state index in [2.05, 4.69) is 40.5 Å². The highest BCUT2D eigenvalue weighted by atomic mass is 16.5. The lowest BCUT2D eigenvalue weighted by molar-refractivity contribution is 0.0600. The molecule has 5 heteroatoms. The number of hydrogen-bond acceptors (Lipinski definition) is 5. The Balaban J connectivity index is 1.36. The molecule has 0 fully saturated rings. The summed E-state index contributed by atoms with van der Waals surface area (Å²) in [6.07, 6.45) is 7.87. The molecule has 0 unspecified atom stereocenters. The third-order valence-electron chi connectivity index (χ3n) is 4.72. The van der Waals surface area contributed by atoms with Crippen LogP contribution < -0.4 is 0 Å². The molecule has 0 aliphatic heterocycles. The van der Waals surface area contributed by atoms with Gasteiger partial charge in [-0.25, -0.2) is 4.79 Å². The average Bonchev–Trinajstić information content (AvgIpc) is 3.22. The third kappa shape index (κ3) is 5.78. The Kier molecular flexibility index (Phi) is 7.36. The predicted octanol–water partition coefficient (Wildman–Crippen LogP) is 5.26. The van der Waals surface area contributed by atoms with Gasteiger partial charge in [0.1, 0.15) is 0 Å². The quantitative estimate of drug-likeness (QED) is 0.356. The number of nitrogens with zero attached hydrogens (tertiary/aromatic N) is 2. The number of carbonyl (C=O) groups is 1. The van der Waals surface area contributed by atoms with E-state index in [1.54, 1.807) is 24.3 Å². The highest BCUT2D eigenvalue weighted by Gasteiger charge is 2.10. The molecular formula is C23H26N2O3. The smallest absolute Gasteiger partial charge is 0.337 e. The van der Waals surface area contributed by atoms with Crippen LogP contribution in [0.5, 0.6) is 0 Å². The number of ether oxygens (including phenoxy) is 1. The normalized spacial score (nSPS) is 10.8. The van der Waals surface area contributed by atoms with Crippen molar-refractivity contribution >= 4 is 5.97 Å². The van der Waals surface area contributed by atoms with E-state index >= 15 is 0 Å². The van der Waals surface area contributed by atoms with Gasteiger partial charge in [-0.15, -0.1) is 10.2 Å². The van der Waals surface area contributed by atoms with Crippen molar-refractivity contribution < 1.29 is 13.9 Å². The summed E-state index contributed by atoms with van der Waals surface area (Å²) in [4.78, 5) is 11.5. The maximum Gasteiger partial charge on any atom is 0.337 e. The second kappa shape index (κ2) is 10.4. The fourth-order valence-corrected chi connectivity index (χ4v) is 3.12. The molecule has 0 N–H and O–H groups in total. The van der Waals surface area contributed by atoms with E-state index < -0.39 is 0 Å². The van der Waals surface area contributed by atoms with Crippen LogP contribution in [0, 0.1) is 0 Å². The molecule has 3 rings (SSSR count). The topological polar surface area (TPSA) is 65.2 Å². The lowest BCUT2D eigenvalue weighted by atomic mass is 10.1. The van der Waals surface area contributed by atoms with Crippen molar-refractivity contribution in [1.29, 1.82) is 0 Å². The fourth-order valence-electron chi connectivity index (χ4n) is 3.12. The van der Waals surface area contributed by atoms with Crippen LogP contribution in [-0.4, -0.2) is 23.3 Å². The molecule has 0 atom stereocenters. The minimum atomic E-state index is -0.360. The summed E-state index contributed by atoms with van der Waals surface area (Å²) in [5.74, 6) is 0.784. The van der Waals surface area contributed by atoms with E-state index in [0.717, 1.165) is 24.8 Å². The zero-order valence-electron chi connectivity index (χ0n) is 16.3. The number of methoxy groups -OCH3 is 1. The van der Waals surface area contributed by atoms with Gasteiger partial charge in [-0.2, -0.15) is 0 Å². The number of hydrogen-bond donors (Lipinski definition) is 0. The van der Waals surface area contributed by atoms with Gasteiger partial charge in [0.25, 0.3) is 0 Å². The van der Waals surface area contributed by atoms with Crippen LogP contribution in [0.25, 0.3) is 11.5 Å². The number of benzene rings is 2. The molecule has 0 aliphatic rings. The van der Waals surface area contributed by atoms with Gasteiger partial charge in [-0.05, 0) is 49.1 Å². The molecule has 1 heterocycles. The Morgan fingerprint density at radius 2 is 1.54 bits per heavy atom. The molecule has 0 radical (unpaired) electrons. The second-order valence-corrected chi connectivity index (χ2v) is 6.82. The molecule has 0 bridgehead atoms. The number of carbonyl (C=O) groups excluding carboxylic acids is 1. The summed E-state index contributed by atoms with van der Waals surface area (Å²) in [6.45, 7) is 0. The molecule has 3 aromatic rings. The third-order valence-corrected chi connectivity index (χ3v) is 4.72. The second-order valence-electron chi connectivity index (χ2n) is 6.82. The van der Waals surface area contributed by atoms with E-state index in [1.807, 2.05) is 0 Å². The summed E-state index contributed by atoms with van der Waals surface area (Å²) in [5.41, 5.74) is 2.71. The Morgan fingerprint density at radius 1 is 0.857 bits per heavy atom. The predicted molar refractivity (Wildman–Crippen MR) is 108 cm³/mol. The first-order valence-corrected chi connectivity index (χ1v) is 9.81. The molecule has 0 spiro atoms. The van der Waals surface area contributed by atoms with Crippen LogP contribution >= 0.6 is 0 Å². The lowest BCUT2D eigenvalue weighted by Crippen LogP contribution is -2.00. The van der Waals surface area contributed by atoms with Gasteiger partial charge in [0.05, 0.1) is 12.7 Å².